The van der Waals surface area contributed by atoms with Crippen molar-refractivity contribution in [2.75, 3.05) is 37.9 Å². The van der Waals surface area contributed by atoms with Gasteiger partial charge in [0.05, 0.1) is 24.0 Å². The van der Waals surface area contributed by atoms with Gasteiger partial charge in [0.25, 0.3) is 5.91 Å². The van der Waals surface area contributed by atoms with E-state index in [0.717, 1.165) is 0 Å². The molecular weight excluding hydrogens is 556 g/mol. The number of thioether (sulfide) groups is 2. The molecule has 0 aromatic heterocycles. The van der Waals surface area contributed by atoms with Crippen LogP contribution < -0.4 is 19.6 Å². The quantitative estimate of drug-likeness (QED) is 0.217. The van der Waals surface area contributed by atoms with E-state index in [9.17, 15) is 9.59 Å². The Morgan fingerprint density at radius 3 is 2.43 bits per heavy atom. The molecule has 0 atom stereocenters. The summed E-state index contributed by atoms with van der Waals surface area (Å²) < 4.78 is 22.7. The molecule has 0 aliphatic carbocycles. The molecule has 188 valence electrons. The molecule has 2 aromatic carbocycles. The van der Waals surface area contributed by atoms with Crippen LogP contribution in [0.1, 0.15) is 29.6 Å². The first-order valence-electron chi connectivity index (χ1n) is 11.0. The van der Waals surface area contributed by atoms with Crippen molar-refractivity contribution in [3.8, 4) is 17.2 Å². The highest BCUT2D eigenvalue weighted by Gasteiger charge is 2.18. The Labute approximate surface area is 221 Å². The summed E-state index contributed by atoms with van der Waals surface area (Å²) in [7, 11) is 0. The number of ether oxygens (including phenoxy) is 4. The Kier molecular flexibility index (Phi) is 11.1. The number of halogens is 1. The maximum absolute atomic E-state index is 12.1. The predicted molar refractivity (Wildman–Crippen MR) is 143 cm³/mol. The van der Waals surface area contributed by atoms with E-state index in [2.05, 4.69) is 26.5 Å². The van der Waals surface area contributed by atoms with Crippen molar-refractivity contribution in [3.63, 3.8) is 0 Å². The Morgan fingerprint density at radius 2 is 1.74 bits per heavy atom. The fourth-order valence-electron chi connectivity index (χ4n) is 3.00. The van der Waals surface area contributed by atoms with Gasteiger partial charge >= 0.3 is 5.97 Å². The highest BCUT2D eigenvalue weighted by molar-refractivity contribution is 9.10. The Balaban J connectivity index is 1.52. The Hall–Kier alpha value is -2.37. The maximum atomic E-state index is 12.1. The zero-order valence-corrected chi connectivity index (χ0v) is 22.7. The van der Waals surface area contributed by atoms with Crippen LogP contribution in [0.4, 0.5) is 0 Å². The molecule has 8 nitrogen and oxygen atoms in total. The molecule has 1 heterocycles. The molecule has 0 radical (unpaired) electrons. The number of hydrogen-bond acceptors (Lipinski definition) is 9. The number of hydrazone groups is 1. The van der Waals surface area contributed by atoms with Gasteiger partial charge in [-0.2, -0.15) is 5.10 Å². The van der Waals surface area contributed by atoms with Gasteiger partial charge in [-0.25, -0.2) is 10.2 Å². The van der Waals surface area contributed by atoms with E-state index in [1.165, 1.54) is 23.3 Å². The van der Waals surface area contributed by atoms with Crippen LogP contribution >= 0.6 is 39.5 Å². The average molecular weight is 584 g/mol. The first-order valence-corrected chi connectivity index (χ1v) is 13.9. The molecule has 1 aliphatic heterocycles. The van der Waals surface area contributed by atoms with Crippen LogP contribution in [-0.2, 0) is 14.3 Å². The fraction of sp³-hybridized carbons (Fsp3) is 0.375. The van der Waals surface area contributed by atoms with E-state index in [1.807, 2.05) is 54.7 Å². The van der Waals surface area contributed by atoms with Gasteiger partial charge in [-0.1, -0.05) is 12.1 Å². The van der Waals surface area contributed by atoms with Crippen molar-refractivity contribution in [1.82, 2.24) is 5.43 Å². The molecule has 0 spiro atoms. The second-order valence-electron chi connectivity index (χ2n) is 7.07. The lowest BCUT2D eigenvalue weighted by Gasteiger charge is -2.13. The van der Waals surface area contributed by atoms with Crippen molar-refractivity contribution >= 4 is 57.5 Å². The van der Waals surface area contributed by atoms with Gasteiger partial charge in [-0.15, -0.1) is 23.5 Å². The minimum atomic E-state index is -0.468. The first-order chi connectivity index (χ1) is 17.0. The molecule has 35 heavy (non-hydrogen) atoms. The van der Waals surface area contributed by atoms with Crippen LogP contribution in [0.3, 0.4) is 0 Å². The number of carbonyl (C=O) groups excluding carboxylic acids is 2. The molecule has 0 bridgehead atoms. The zero-order chi connectivity index (χ0) is 25.0. The van der Waals surface area contributed by atoms with E-state index < -0.39 is 5.97 Å². The van der Waals surface area contributed by atoms with Crippen LogP contribution in [0.2, 0.25) is 0 Å². The first kappa shape index (κ1) is 27.2. The molecule has 0 saturated carbocycles. The molecular formula is C24H27BrN2O6S2. The summed E-state index contributed by atoms with van der Waals surface area (Å²) >= 11 is 7.33. The second-order valence-corrected chi connectivity index (χ2v) is 10.7. The van der Waals surface area contributed by atoms with Gasteiger partial charge < -0.3 is 18.9 Å². The second kappa shape index (κ2) is 14.3. The third-order valence-corrected chi connectivity index (χ3v) is 8.34. The van der Waals surface area contributed by atoms with Gasteiger partial charge in [-0.05, 0) is 59.6 Å². The number of rotatable bonds is 12. The summed E-state index contributed by atoms with van der Waals surface area (Å²) in [5, 5.41) is 4.00. The summed E-state index contributed by atoms with van der Waals surface area (Å²) in [6, 6.07) is 11.2. The summed E-state index contributed by atoms with van der Waals surface area (Å²) in [6.45, 7) is 3.86. The number of hydrogen-bond donors (Lipinski definition) is 1. The van der Waals surface area contributed by atoms with Gasteiger partial charge in [0.2, 0.25) is 0 Å². The molecule has 1 aliphatic rings. The number of benzene rings is 2. The van der Waals surface area contributed by atoms with Gasteiger partial charge in [-0.3, -0.25) is 4.79 Å². The van der Waals surface area contributed by atoms with Crippen LogP contribution in [0.15, 0.2) is 46.0 Å². The van der Waals surface area contributed by atoms with E-state index in [1.54, 1.807) is 19.1 Å². The Morgan fingerprint density at radius 1 is 1.03 bits per heavy atom. The highest BCUT2D eigenvalue weighted by Crippen LogP contribution is 2.45. The van der Waals surface area contributed by atoms with Crippen molar-refractivity contribution in [3.05, 3.63) is 52.0 Å². The fourth-order valence-corrected chi connectivity index (χ4v) is 6.28. The lowest BCUT2D eigenvalue weighted by atomic mass is 10.2. The Bertz CT molecular complexity index is 1030. The normalized spacial score (nSPS) is 13.6. The number of carbonyl (C=O) groups is 2. The SMILES string of the molecule is CCOC(=O)COc1cc(Br)c(/C=N\NC(=O)COc2ccc(C3SCCS3)cc2)cc1OCC. The molecule has 1 N–H and O–H groups in total. The number of esters is 1. The number of amides is 1. The van der Waals surface area contributed by atoms with E-state index in [0.29, 0.717) is 38.5 Å². The van der Waals surface area contributed by atoms with Crippen LogP contribution in [0, 0.1) is 0 Å². The summed E-state index contributed by atoms with van der Waals surface area (Å²) in [5.74, 6) is 2.94. The summed E-state index contributed by atoms with van der Waals surface area (Å²) in [6.07, 6.45) is 1.48. The van der Waals surface area contributed by atoms with Crippen molar-refractivity contribution in [2.24, 2.45) is 5.10 Å². The smallest absolute Gasteiger partial charge is 0.344 e. The van der Waals surface area contributed by atoms with Crippen LogP contribution in [0.5, 0.6) is 17.2 Å². The topological polar surface area (TPSA) is 95.5 Å². The van der Waals surface area contributed by atoms with E-state index >= 15 is 0 Å². The maximum Gasteiger partial charge on any atom is 0.344 e. The molecule has 3 rings (SSSR count). The van der Waals surface area contributed by atoms with Gasteiger partial charge in [0.15, 0.2) is 24.7 Å². The number of nitrogens with one attached hydrogen (secondary N) is 1. The van der Waals surface area contributed by atoms with Crippen molar-refractivity contribution in [2.45, 2.75) is 18.4 Å². The van der Waals surface area contributed by atoms with Crippen molar-refractivity contribution < 1.29 is 28.5 Å². The highest BCUT2D eigenvalue weighted by atomic mass is 79.9. The third kappa shape index (κ3) is 8.66. The van der Waals surface area contributed by atoms with Crippen LogP contribution in [-0.4, -0.2) is 56.0 Å². The summed E-state index contributed by atoms with van der Waals surface area (Å²) in [5.41, 5.74) is 4.36. The van der Waals surface area contributed by atoms with E-state index in [-0.39, 0.29) is 25.7 Å². The van der Waals surface area contributed by atoms with Crippen molar-refractivity contribution in [1.29, 1.82) is 0 Å². The lowest BCUT2D eigenvalue weighted by Crippen LogP contribution is -2.24. The minimum Gasteiger partial charge on any atom is -0.490 e. The van der Waals surface area contributed by atoms with Crippen LogP contribution in [0.25, 0.3) is 0 Å². The molecule has 0 unspecified atom stereocenters. The lowest BCUT2D eigenvalue weighted by molar-refractivity contribution is -0.145. The standard InChI is InChI=1S/C24H27BrN2O6S2/c1-3-30-20-11-17(19(25)12-21(20)33-15-23(29)31-4-2)13-26-27-22(28)14-32-18-7-5-16(6-8-18)24-34-9-10-35-24/h5-8,11-13,24H,3-4,9-10,14-15H2,1-2H3,(H,27,28)/b26-13-. The average Bonchev–Trinajstić information content (AvgIpc) is 3.39. The third-order valence-electron chi connectivity index (χ3n) is 4.55. The van der Waals surface area contributed by atoms with Gasteiger partial charge in [0, 0.05) is 21.5 Å². The zero-order valence-electron chi connectivity index (χ0n) is 19.5. The molecule has 1 saturated heterocycles. The largest absolute Gasteiger partial charge is 0.490 e. The molecule has 2 aromatic rings. The van der Waals surface area contributed by atoms with E-state index in [4.69, 9.17) is 18.9 Å². The summed E-state index contributed by atoms with van der Waals surface area (Å²) in [4.78, 5) is 23.7. The minimum absolute atomic E-state index is 0.157. The predicted octanol–water partition coefficient (Wildman–Crippen LogP) is 4.80. The number of nitrogens with zero attached hydrogens (tertiary/aromatic N) is 1. The molecule has 1 amide bonds. The van der Waals surface area contributed by atoms with Gasteiger partial charge in [0.1, 0.15) is 5.75 Å². The monoisotopic (exact) mass is 582 g/mol. The molecule has 1 fully saturated rings. The molecule has 11 heteroatoms.